The van der Waals surface area contributed by atoms with Crippen LogP contribution in [0.3, 0.4) is 0 Å². The zero-order valence-corrected chi connectivity index (χ0v) is 11.5. The molecule has 0 bridgehead atoms. The number of nitro groups is 4. The van der Waals surface area contributed by atoms with Gasteiger partial charge in [-0.05, 0) is 6.07 Å². The minimum absolute atomic E-state index is 0.379. The van der Waals surface area contributed by atoms with Gasteiger partial charge in [0.05, 0.1) is 37.4 Å². The quantitative estimate of drug-likeness (QED) is 0.592. The normalized spacial score (nSPS) is 10.2. The minimum atomic E-state index is -1.06. The van der Waals surface area contributed by atoms with E-state index in [1.54, 1.807) is 0 Å². The molecule has 2 aromatic carbocycles. The highest BCUT2D eigenvalue weighted by molar-refractivity contribution is 5.88. The van der Waals surface area contributed by atoms with Crippen molar-refractivity contribution in [2.24, 2.45) is 0 Å². The van der Waals surface area contributed by atoms with Gasteiger partial charge in [0, 0.05) is 6.07 Å². The van der Waals surface area contributed by atoms with E-state index < -0.39 is 48.0 Å². The average molecular weight is 334 g/mol. The predicted octanol–water partition coefficient (Wildman–Crippen LogP) is 2.99. The Morgan fingerprint density at radius 1 is 0.625 bits per heavy atom. The Labute approximate surface area is 131 Å². The number of non-ortho nitro benzene ring substituents is 1. The molecule has 0 aliphatic carbocycles. The lowest BCUT2D eigenvalue weighted by Crippen LogP contribution is -2.02. The van der Waals surface area contributed by atoms with E-state index in [0.29, 0.717) is 12.1 Å². The topological polar surface area (TPSA) is 173 Å². The van der Waals surface area contributed by atoms with Gasteiger partial charge in [-0.1, -0.05) is 12.1 Å². The van der Waals surface area contributed by atoms with E-state index >= 15 is 0 Å². The summed E-state index contributed by atoms with van der Waals surface area (Å²) in [4.78, 5) is 40.3. The van der Waals surface area contributed by atoms with Crippen LogP contribution in [0, 0.1) is 40.5 Å². The van der Waals surface area contributed by atoms with Gasteiger partial charge in [0.15, 0.2) is 0 Å². The van der Waals surface area contributed by atoms with Crippen molar-refractivity contribution in [1.82, 2.24) is 0 Å². The monoisotopic (exact) mass is 334 g/mol. The highest BCUT2D eigenvalue weighted by Crippen LogP contribution is 2.44. The van der Waals surface area contributed by atoms with Gasteiger partial charge in [0.1, 0.15) is 5.56 Å². The lowest BCUT2D eigenvalue weighted by atomic mass is 9.99. The summed E-state index contributed by atoms with van der Waals surface area (Å²) in [7, 11) is 0. The summed E-state index contributed by atoms with van der Waals surface area (Å²) in [6, 6.07) is 5.75. The Morgan fingerprint density at radius 3 is 1.50 bits per heavy atom. The molecular weight excluding hydrogens is 328 g/mol. The molecule has 0 spiro atoms. The molecule has 0 aliphatic rings. The van der Waals surface area contributed by atoms with Crippen molar-refractivity contribution in [2.75, 3.05) is 0 Å². The number of nitrogens with zero attached hydrogens (tertiary/aromatic N) is 4. The van der Waals surface area contributed by atoms with Crippen LogP contribution in [-0.2, 0) is 0 Å². The first-order valence-corrected chi connectivity index (χ1v) is 6.09. The van der Waals surface area contributed by atoms with Crippen LogP contribution in [0.1, 0.15) is 0 Å². The number of rotatable bonds is 5. The molecule has 2 aromatic rings. The van der Waals surface area contributed by atoms with Crippen LogP contribution in [0.5, 0.6) is 0 Å². The van der Waals surface area contributed by atoms with Crippen molar-refractivity contribution >= 4 is 22.7 Å². The summed E-state index contributed by atoms with van der Waals surface area (Å²) in [5.41, 5.74) is -4.44. The van der Waals surface area contributed by atoms with E-state index in [1.807, 2.05) is 0 Å². The Morgan fingerprint density at radius 2 is 1.08 bits per heavy atom. The van der Waals surface area contributed by atoms with Crippen LogP contribution < -0.4 is 0 Å². The van der Waals surface area contributed by atoms with E-state index in [-0.39, 0.29) is 5.56 Å². The maximum absolute atomic E-state index is 11.2. The smallest absolute Gasteiger partial charge is 0.258 e. The Bertz CT molecular complexity index is 859. The summed E-state index contributed by atoms with van der Waals surface area (Å²) in [6.07, 6.45) is 0. The molecule has 122 valence electrons. The van der Waals surface area contributed by atoms with E-state index in [1.165, 1.54) is 12.1 Å². The molecule has 0 saturated carbocycles. The van der Waals surface area contributed by atoms with Gasteiger partial charge in [0.2, 0.25) is 0 Å². The Kier molecular flexibility index (Phi) is 4.13. The second kappa shape index (κ2) is 6.04. The van der Waals surface area contributed by atoms with Crippen LogP contribution in [0.15, 0.2) is 36.4 Å². The van der Waals surface area contributed by atoms with Gasteiger partial charge < -0.3 is 0 Å². The fourth-order valence-corrected chi connectivity index (χ4v) is 2.11. The van der Waals surface area contributed by atoms with Gasteiger partial charge in [-0.25, -0.2) is 0 Å². The zero-order chi connectivity index (χ0) is 18.0. The van der Waals surface area contributed by atoms with Crippen LogP contribution in [0.2, 0.25) is 0 Å². The molecule has 0 saturated heterocycles. The van der Waals surface area contributed by atoms with Crippen molar-refractivity contribution in [3.63, 3.8) is 0 Å². The summed E-state index contributed by atoms with van der Waals surface area (Å²) in [5.74, 6) is 0. The molecule has 0 aliphatic heterocycles. The second-order valence-corrected chi connectivity index (χ2v) is 4.40. The summed E-state index contributed by atoms with van der Waals surface area (Å²) < 4.78 is 0. The summed E-state index contributed by atoms with van der Waals surface area (Å²) in [6.45, 7) is 0. The second-order valence-electron chi connectivity index (χ2n) is 4.40. The van der Waals surface area contributed by atoms with Crippen LogP contribution >= 0.6 is 0 Å². The molecule has 12 heteroatoms. The van der Waals surface area contributed by atoms with Gasteiger partial charge in [0.25, 0.3) is 22.7 Å². The maximum Gasteiger partial charge on any atom is 0.291 e. The van der Waals surface area contributed by atoms with Crippen molar-refractivity contribution < 1.29 is 19.7 Å². The summed E-state index contributed by atoms with van der Waals surface area (Å²) >= 11 is 0. The number of hydrogen-bond donors (Lipinski definition) is 0. The van der Waals surface area contributed by atoms with Crippen molar-refractivity contribution in [2.45, 2.75) is 0 Å². The van der Waals surface area contributed by atoms with Crippen LogP contribution in [-0.4, -0.2) is 19.7 Å². The predicted molar refractivity (Wildman–Crippen MR) is 78.5 cm³/mol. The Balaban J connectivity index is 2.97. The molecule has 0 amide bonds. The first kappa shape index (κ1) is 16.4. The van der Waals surface area contributed by atoms with Crippen LogP contribution in [0.25, 0.3) is 11.1 Å². The van der Waals surface area contributed by atoms with E-state index in [4.69, 9.17) is 0 Å². The lowest BCUT2D eigenvalue weighted by molar-refractivity contribution is -0.402. The van der Waals surface area contributed by atoms with Crippen molar-refractivity contribution in [1.29, 1.82) is 0 Å². The molecule has 0 aromatic heterocycles. The third-order valence-corrected chi connectivity index (χ3v) is 3.06. The lowest BCUT2D eigenvalue weighted by Gasteiger charge is -2.05. The number of para-hydroxylation sites is 1. The number of benzene rings is 2. The SMILES string of the molecule is O=[N+]([O-])c1cc([N+](=O)[O-])c(-c2ccccc2[N+](=O)[O-])c([N+](=O)[O-])c1. The summed E-state index contributed by atoms with van der Waals surface area (Å²) in [5, 5.41) is 44.3. The van der Waals surface area contributed by atoms with Gasteiger partial charge in [-0.2, -0.15) is 0 Å². The molecule has 24 heavy (non-hydrogen) atoms. The van der Waals surface area contributed by atoms with Crippen molar-refractivity contribution in [3.05, 3.63) is 76.9 Å². The van der Waals surface area contributed by atoms with Gasteiger partial charge in [-0.15, -0.1) is 0 Å². The number of hydrogen-bond acceptors (Lipinski definition) is 8. The van der Waals surface area contributed by atoms with Gasteiger partial charge in [-0.3, -0.25) is 40.5 Å². The third-order valence-electron chi connectivity index (χ3n) is 3.06. The number of nitro benzene ring substituents is 4. The molecule has 0 unspecified atom stereocenters. The van der Waals surface area contributed by atoms with Crippen molar-refractivity contribution in [3.8, 4) is 11.1 Å². The van der Waals surface area contributed by atoms with Crippen LogP contribution in [0.4, 0.5) is 22.7 Å². The molecule has 0 N–H and O–H groups in total. The molecule has 0 fully saturated rings. The highest BCUT2D eigenvalue weighted by atomic mass is 16.6. The fourth-order valence-electron chi connectivity index (χ4n) is 2.11. The molecule has 0 heterocycles. The van der Waals surface area contributed by atoms with E-state index in [0.717, 1.165) is 12.1 Å². The largest absolute Gasteiger partial charge is 0.291 e. The minimum Gasteiger partial charge on any atom is -0.258 e. The molecule has 0 radical (unpaired) electrons. The first-order valence-electron chi connectivity index (χ1n) is 6.09. The molecular formula is C12H6N4O8. The first-order chi connectivity index (χ1) is 11.2. The maximum atomic E-state index is 11.2. The highest BCUT2D eigenvalue weighted by Gasteiger charge is 2.34. The average Bonchev–Trinajstić information content (AvgIpc) is 2.53. The fraction of sp³-hybridized carbons (Fsp3) is 0. The van der Waals surface area contributed by atoms with E-state index in [2.05, 4.69) is 0 Å². The molecule has 0 atom stereocenters. The Hall–Kier alpha value is -3.96. The standard InChI is InChI=1S/C12H6N4O8/c17-13(18)7-5-10(15(21)22)12(11(6-7)16(23)24)8-3-1-2-4-9(8)14(19)20/h1-6H. The van der Waals surface area contributed by atoms with Gasteiger partial charge >= 0.3 is 0 Å². The molecule has 12 nitrogen and oxygen atoms in total. The third kappa shape index (κ3) is 2.83. The molecule has 2 rings (SSSR count). The van der Waals surface area contributed by atoms with E-state index in [9.17, 15) is 40.5 Å². The zero-order valence-electron chi connectivity index (χ0n) is 11.5.